The Morgan fingerprint density at radius 1 is 1.27 bits per heavy atom. The van der Waals surface area contributed by atoms with Crippen LogP contribution >= 0.6 is 0 Å². The molecule has 0 heterocycles. The van der Waals surface area contributed by atoms with Crippen LogP contribution < -0.4 is 4.74 Å². The van der Waals surface area contributed by atoms with Gasteiger partial charge in [0, 0.05) is 6.92 Å². The van der Waals surface area contributed by atoms with Crippen molar-refractivity contribution in [2.75, 3.05) is 13.7 Å². The largest absolute Gasteiger partial charge is 0.497 e. The van der Waals surface area contributed by atoms with Crippen molar-refractivity contribution >= 4 is 5.97 Å². The Bertz CT molecular complexity index is 257. The van der Waals surface area contributed by atoms with E-state index in [2.05, 4.69) is 4.74 Å². The number of rotatable bonds is 3. The molecule has 0 N–H and O–H groups in total. The molecule has 0 spiro atoms. The van der Waals surface area contributed by atoms with Gasteiger partial charge in [-0.25, -0.2) is 0 Å². The van der Waals surface area contributed by atoms with Crippen LogP contribution in [-0.4, -0.2) is 19.7 Å². The molecule has 0 saturated heterocycles. The Morgan fingerprint density at radius 2 is 1.87 bits per heavy atom. The van der Waals surface area contributed by atoms with E-state index in [9.17, 15) is 4.79 Å². The lowest BCUT2D eigenvalue weighted by Gasteiger charge is -1.93. The van der Waals surface area contributed by atoms with Crippen LogP contribution in [0.2, 0.25) is 0 Å². The molecule has 3 heteroatoms. The Morgan fingerprint density at radius 3 is 2.13 bits per heavy atom. The molecule has 15 heavy (non-hydrogen) atoms. The van der Waals surface area contributed by atoms with Crippen LogP contribution in [0.5, 0.6) is 5.75 Å². The van der Waals surface area contributed by atoms with E-state index in [1.165, 1.54) is 6.92 Å². The fraction of sp³-hybridized carbons (Fsp3) is 0.417. The zero-order chi connectivity index (χ0) is 11.5. The first-order valence-electron chi connectivity index (χ1n) is 4.93. The first kappa shape index (κ1) is 13.5. The maximum absolute atomic E-state index is 9.98. The molecule has 1 aromatic carbocycles. The van der Waals surface area contributed by atoms with Crippen molar-refractivity contribution in [3.8, 4) is 5.75 Å². The molecule has 0 fully saturated rings. The molecule has 0 bridgehead atoms. The number of methoxy groups -OCH3 is 1. The molecule has 0 aliphatic heterocycles. The molecule has 3 nitrogen and oxygen atoms in total. The van der Waals surface area contributed by atoms with Crippen LogP contribution in [0.3, 0.4) is 0 Å². The maximum Gasteiger partial charge on any atom is 0.302 e. The molecule has 0 saturated carbocycles. The number of hydrogen-bond acceptors (Lipinski definition) is 3. The van der Waals surface area contributed by atoms with Crippen LogP contribution in [0.4, 0.5) is 0 Å². The fourth-order valence-corrected chi connectivity index (χ4v) is 0.802. The highest BCUT2D eigenvalue weighted by Gasteiger charge is 1.85. The summed E-state index contributed by atoms with van der Waals surface area (Å²) in [5.74, 6) is 0.717. The van der Waals surface area contributed by atoms with E-state index >= 15 is 0 Å². The summed E-state index contributed by atoms with van der Waals surface area (Å²) < 4.78 is 9.47. The summed E-state index contributed by atoms with van der Waals surface area (Å²) in [6, 6.07) is 9.68. The summed E-state index contributed by atoms with van der Waals surface area (Å²) >= 11 is 0. The van der Waals surface area contributed by atoms with Crippen molar-refractivity contribution in [1.82, 2.24) is 0 Å². The van der Waals surface area contributed by atoms with E-state index in [1.807, 2.05) is 37.3 Å². The van der Waals surface area contributed by atoms with Crippen LogP contribution in [0, 0.1) is 0 Å². The highest BCUT2D eigenvalue weighted by atomic mass is 16.5. The molecular weight excluding hydrogens is 192 g/mol. The molecule has 0 atom stereocenters. The average Bonchev–Trinajstić information content (AvgIpc) is 2.28. The number of hydrogen-bond donors (Lipinski definition) is 0. The Labute approximate surface area is 91.0 Å². The van der Waals surface area contributed by atoms with Crippen molar-refractivity contribution in [3.63, 3.8) is 0 Å². The van der Waals surface area contributed by atoms with Gasteiger partial charge in [0.15, 0.2) is 0 Å². The molecule has 1 aromatic rings. The number of para-hydroxylation sites is 1. The zero-order valence-corrected chi connectivity index (χ0v) is 9.53. The third kappa shape index (κ3) is 8.81. The van der Waals surface area contributed by atoms with Gasteiger partial charge in [-0.1, -0.05) is 25.1 Å². The van der Waals surface area contributed by atoms with Gasteiger partial charge in [-0.05, 0) is 18.6 Å². The standard InChI is InChI=1S/C7H8O.C5H10O2/c1-8-7-5-3-2-4-6-7;1-3-4-7-5(2)6/h2-6H,1H3;3-4H2,1-2H3. The summed E-state index contributed by atoms with van der Waals surface area (Å²) in [4.78, 5) is 9.98. The predicted octanol–water partition coefficient (Wildman–Crippen LogP) is 2.65. The third-order valence-corrected chi connectivity index (χ3v) is 1.49. The van der Waals surface area contributed by atoms with Gasteiger partial charge in [-0.15, -0.1) is 0 Å². The Hall–Kier alpha value is -1.51. The summed E-state index contributed by atoms with van der Waals surface area (Å²) in [5, 5.41) is 0. The number of ether oxygens (including phenoxy) is 2. The second-order valence-corrected chi connectivity index (χ2v) is 2.86. The fourth-order valence-electron chi connectivity index (χ4n) is 0.802. The van der Waals surface area contributed by atoms with Crippen molar-refractivity contribution in [1.29, 1.82) is 0 Å². The van der Waals surface area contributed by atoms with Crippen LogP contribution in [0.25, 0.3) is 0 Å². The maximum atomic E-state index is 9.98. The molecule has 84 valence electrons. The second-order valence-electron chi connectivity index (χ2n) is 2.86. The Kier molecular flexibility index (Phi) is 8.15. The minimum Gasteiger partial charge on any atom is -0.497 e. The summed E-state index contributed by atoms with van der Waals surface area (Å²) in [6.07, 6.45) is 0.902. The number of benzene rings is 1. The minimum absolute atomic E-state index is 0.193. The van der Waals surface area contributed by atoms with E-state index in [4.69, 9.17) is 4.74 Å². The quantitative estimate of drug-likeness (QED) is 0.719. The number of esters is 1. The van der Waals surface area contributed by atoms with E-state index < -0.39 is 0 Å². The highest BCUT2D eigenvalue weighted by Crippen LogP contribution is 2.05. The molecular formula is C12H18O3. The molecule has 0 unspecified atom stereocenters. The SMILES string of the molecule is CCCOC(C)=O.COc1ccccc1. The average molecular weight is 210 g/mol. The van der Waals surface area contributed by atoms with Gasteiger partial charge in [0.05, 0.1) is 13.7 Å². The molecule has 1 rings (SSSR count). The van der Waals surface area contributed by atoms with Gasteiger partial charge in [-0.2, -0.15) is 0 Å². The van der Waals surface area contributed by atoms with Crippen molar-refractivity contribution < 1.29 is 14.3 Å². The molecule has 0 aliphatic carbocycles. The number of carbonyl (C=O) groups is 1. The van der Waals surface area contributed by atoms with E-state index in [0.29, 0.717) is 6.61 Å². The highest BCUT2D eigenvalue weighted by molar-refractivity contribution is 5.65. The van der Waals surface area contributed by atoms with E-state index in [-0.39, 0.29) is 5.97 Å². The second kappa shape index (κ2) is 9.06. The smallest absolute Gasteiger partial charge is 0.302 e. The van der Waals surface area contributed by atoms with Crippen molar-refractivity contribution in [2.45, 2.75) is 20.3 Å². The molecule has 0 aromatic heterocycles. The topological polar surface area (TPSA) is 35.5 Å². The predicted molar refractivity (Wildman–Crippen MR) is 59.9 cm³/mol. The lowest BCUT2D eigenvalue weighted by molar-refractivity contribution is -0.140. The lowest BCUT2D eigenvalue weighted by Crippen LogP contribution is -1.98. The van der Waals surface area contributed by atoms with E-state index in [0.717, 1.165) is 12.2 Å². The first-order chi connectivity index (χ1) is 7.20. The first-order valence-corrected chi connectivity index (χ1v) is 4.93. The normalized spacial score (nSPS) is 8.47. The third-order valence-electron chi connectivity index (χ3n) is 1.49. The Balaban J connectivity index is 0.000000265. The summed E-state index contributed by atoms with van der Waals surface area (Å²) in [5.41, 5.74) is 0. The minimum atomic E-state index is -0.193. The van der Waals surface area contributed by atoms with Crippen molar-refractivity contribution in [2.24, 2.45) is 0 Å². The van der Waals surface area contributed by atoms with Gasteiger partial charge in [-0.3, -0.25) is 4.79 Å². The lowest BCUT2D eigenvalue weighted by atomic mass is 10.3. The summed E-state index contributed by atoms with van der Waals surface area (Å²) in [7, 11) is 1.66. The number of carbonyl (C=O) groups excluding carboxylic acids is 1. The van der Waals surface area contributed by atoms with Gasteiger partial charge >= 0.3 is 5.97 Å². The van der Waals surface area contributed by atoms with Gasteiger partial charge in [0.25, 0.3) is 0 Å². The van der Waals surface area contributed by atoms with E-state index in [1.54, 1.807) is 7.11 Å². The van der Waals surface area contributed by atoms with Gasteiger partial charge in [0.2, 0.25) is 0 Å². The zero-order valence-electron chi connectivity index (χ0n) is 9.53. The van der Waals surface area contributed by atoms with Crippen LogP contribution in [0.1, 0.15) is 20.3 Å². The summed E-state index contributed by atoms with van der Waals surface area (Å²) in [6.45, 7) is 3.92. The van der Waals surface area contributed by atoms with Gasteiger partial charge in [0.1, 0.15) is 5.75 Å². The van der Waals surface area contributed by atoms with Gasteiger partial charge < -0.3 is 9.47 Å². The van der Waals surface area contributed by atoms with Crippen molar-refractivity contribution in [3.05, 3.63) is 30.3 Å². The monoisotopic (exact) mass is 210 g/mol. The molecule has 0 radical (unpaired) electrons. The van der Waals surface area contributed by atoms with Crippen LogP contribution in [0.15, 0.2) is 30.3 Å². The molecule has 0 amide bonds. The molecule has 0 aliphatic rings. The van der Waals surface area contributed by atoms with Crippen LogP contribution in [-0.2, 0) is 9.53 Å².